The van der Waals surface area contributed by atoms with Crippen LogP contribution in [0.15, 0.2) is 30.5 Å². The second-order valence-electron chi connectivity index (χ2n) is 5.17. The number of imidazole rings is 1. The molecule has 1 aromatic heterocycles. The van der Waals surface area contributed by atoms with Crippen LogP contribution in [-0.4, -0.2) is 20.6 Å². The topological polar surface area (TPSA) is 55.1 Å². The fourth-order valence-electron chi connectivity index (χ4n) is 2.59. The van der Waals surface area contributed by atoms with Crippen molar-refractivity contribution < 1.29 is 9.90 Å². The van der Waals surface area contributed by atoms with E-state index in [1.54, 1.807) is 0 Å². The molecule has 0 radical (unpaired) electrons. The molecule has 3 rings (SSSR count). The average molecular weight is 291 g/mol. The molecule has 1 aliphatic heterocycles. The van der Waals surface area contributed by atoms with Crippen molar-refractivity contribution in [2.75, 3.05) is 0 Å². The number of aryl methyl sites for hydroxylation is 1. The average Bonchev–Trinajstić information content (AvgIpc) is 2.82. The van der Waals surface area contributed by atoms with Crippen molar-refractivity contribution in [3.05, 3.63) is 52.6 Å². The molecule has 5 heteroatoms. The molecule has 0 amide bonds. The van der Waals surface area contributed by atoms with Crippen LogP contribution in [0.1, 0.15) is 23.5 Å². The Morgan fingerprint density at radius 3 is 2.85 bits per heavy atom. The number of aromatic nitrogens is 2. The van der Waals surface area contributed by atoms with Crippen LogP contribution in [0.3, 0.4) is 0 Å². The summed E-state index contributed by atoms with van der Waals surface area (Å²) in [6.45, 7) is 0.736. The van der Waals surface area contributed by atoms with Crippen LogP contribution < -0.4 is 0 Å². The van der Waals surface area contributed by atoms with Crippen molar-refractivity contribution in [2.24, 2.45) is 5.92 Å². The Morgan fingerprint density at radius 1 is 1.40 bits per heavy atom. The number of nitrogens with zero attached hydrogens (tertiary/aromatic N) is 2. The maximum Gasteiger partial charge on any atom is 0.307 e. The molecule has 0 spiro atoms. The van der Waals surface area contributed by atoms with Gasteiger partial charge < -0.3 is 9.67 Å². The van der Waals surface area contributed by atoms with Crippen LogP contribution in [0, 0.1) is 5.92 Å². The third-order valence-corrected chi connectivity index (χ3v) is 3.96. The maximum absolute atomic E-state index is 11.0. The summed E-state index contributed by atoms with van der Waals surface area (Å²) in [5.41, 5.74) is 2.13. The van der Waals surface area contributed by atoms with Gasteiger partial charge in [0.1, 0.15) is 5.82 Å². The minimum atomic E-state index is -0.724. The number of halogens is 1. The molecule has 0 saturated heterocycles. The van der Waals surface area contributed by atoms with Gasteiger partial charge in [-0.25, -0.2) is 4.98 Å². The lowest BCUT2D eigenvalue weighted by molar-refractivity contribution is -0.142. The minimum Gasteiger partial charge on any atom is -0.481 e. The second kappa shape index (κ2) is 5.29. The standard InChI is InChI=1S/C15H15ClN2O2/c16-12-3-1-10(2-4-12)7-13-9-18-6-5-11(15(19)20)8-14(18)17-13/h1-4,9,11H,5-8H2,(H,19,20). The molecular weight excluding hydrogens is 276 g/mol. The fourth-order valence-corrected chi connectivity index (χ4v) is 2.72. The number of carboxylic acid groups (broad SMARTS) is 1. The Bertz CT molecular complexity index is 634. The van der Waals surface area contributed by atoms with Crippen LogP contribution >= 0.6 is 11.6 Å². The number of carbonyl (C=O) groups is 1. The lowest BCUT2D eigenvalue weighted by Crippen LogP contribution is -2.25. The Labute approximate surface area is 122 Å². The summed E-state index contributed by atoms with van der Waals surface area (Å²) in [6, 6.07) is 7.71. The summed E-state index contributed by atoms with van der Waals surface area (Å²) in [7, 11) is 0. The van der Waals surface area contributed by atoms with Gasteiger partial charge in [0.05, 0.1) is 11.6 Å². The smallest absolute Gasteiger partial charge is 0.307 e. The van der Waals surface area contributed by atoms with Gasteiger partial charge in [-0.15, -0.1) is 0 Å². The van der Waals surface area contributed by atoms with E-state index in [-0.39, 0.29) is 5.92 Å². The quantitative estimate of drug-likeness (QED) is 0.946. The second-order valence-corrected chi connectivity index (χ2v) is 5.61. The van der Waals surface area contributed by atoms with Gasteiger partial charge >= 0.3 is 5.97 Å². The first kappa shape index (κ1) is 13.2. The van der Waals surface area contributed by atoms with Gasteiger partial charge in [0.2, 0.25) is 0 Å². The minimum absolute atomic E-state index is 0.298. The van der Waals surface area contributed by atoms with Gasteiger partial charge in [-0.1, -0.05) is 23.7 Å². The van der Waals surface area contributed by atoms with Gasteiger partial charge in [-0.05, 0) is 24.1 Å². The van der Waals surface area contributed by atoms with Gasteiger partial charge in [0.25, 0.3) is 0 Å². The third kappa shape index (κ3) is 2.70. The van der Waals surface area contributed by atoms with Crippen molar-refractivity contribution in [1.82, 2.24) is 9.55 Å². The molecule has 20 heavy (non-hydrogen) atoms. The largest absolute Gasteiger partial charge is 0.481 e. The molecule has 1 unspecified atom stereocenters. The van der Waals surface area contributed by atoms with Crippen LogP contribution in [0.5, 0.6) is 0 Å². The lowest BCUT2D eigenvalue weighted by atomic mass is 9.98. The lowest BCUT2D eigenvalue weighted by Gasteiger charge is -2.19. The highest BCUT2D eigenvalue weighted by atomic mass is 35.5. The highest BCUT2D eigenvalue weighted by Crippen LogP contribution is 2.22. The van der Waals surface area contributed by atoms with Gasteiger partial charge in [-0.3, -0.25) is 4.79 Å². The number of aliphatic carboxylic acids is 1. The van der Waals surface area contributed by atoms with E-state index in [1.807, 2.05) is 30.5 Å². The summed E-state index contributed by atoms with van der Waals surface area (Å²) in [5, 5.41) is 9.81. The molecule has 4 nitrogen and oxygen atoms in total. The number of carboxylic acids is 1. The summed E-state index contributed by atoms with van der Waals surface area (Å²) in [4.78, 5) is 15.6. The number of hydrogen-bond donors (Lipinski definition) is 1. The third-order valence-electron chi connectivity index (χ3n) is 3.70. The summed E-state index contributed by atoms with van der Waals surface area (Å²) >= 11 is 5.87. The molecule has 0 aliphatic carbocycles. The van der Waals surface area contributed by atoms with Crippen molar-refractivity contribution in [3.8, 4) is 0 Å². The molecular formula is C15H15ClN2O2. The fraction of sp³-hybridized carbons (Fsp3) is 0.333. The molecule has 104 valence electrons. The first-order valence-corrected chi connectivity index (χ1v) is 7.02. The van der Waals surface area contributed by atoms with Gasteiger partial charge in [0.15, 0.2) is 0 Å². The van der Waals surface area contributed by atoms with E-state index in [0.29, 0.717) is 12.8 Å². The molecule has 1 atom stereocenters. The van der Waals surface area contributed by atoms with E-state index in [1.165, 1.54) is 0 Å². The molecule has 2 aromatic rings. The molecule has 1 N–H and O–H groups in total. The Kier molecular flexibility index (Phi) is 3.49. The van der Waals surface area contributed by atoms with E-state index >= 15 is 0 Å². The Morgan fingerprint density at radius 2 is 2.15 bits per heavy atom. The Hall–Kier alpha value is -1.81. The normalized spacial score (nSPS) is 17.8. The molecule has 0 bridgehead atoms. The summed E-state index contributed by atoms with van der Waals surface area (Å²) in [6.07, 6.45) is 3.98. The van der Waals surface area contributed by atoms with Gasteiger partial charge in [0, 0.05) is 30.6 Å². The first-order chi connectivity index (χ1) is 9.61. The van der Waals surface area contributed by atoms with E-state index in [2.05, 4.69) is 9.55 Å². The zero-order valence-corrected chi connectivity index (χ0v) is 11.7. The number of benzene rings is 1. The van der Waals surface area contributed by atoms with Crippen molar-refractivity contribution in [3.63, 3.8) is 0 Å². The molecule has 1 aromatic carbocycles. The van der Waals surface area contributed by atoms with Crippen LogP contribution in [0.2, 0.25) is 5.02 Å². The monoisotopic (exact) mass is 290 g/mol. The van der Waals surface area contributed by atoms with Crippen LogP contribution in [0.25, 0.3) is 0 Å². The predicted molar refractivity (Wildman–Crippen MR) is 75.9 cm³/mol. The zero-order chi connectivity index (χ0) is 14.1. The number of rotatable bonds is 3. The molecule has 0 saturated carbocycles. The van der Waals surface area contributed by atoms with Crippen molar-refractivity contribution >= 4 is 17.6 Å². The summed E-state index contributed by atoms with van der Waals surface area (Å²) < 4.78 is 2.07. The highest BCUT2D eigenvalue weighted by molar-refractivity contribution is 6.30. The van der Waals surface area contributed by atoms with Gasteiger partial charge in [-0.2, -0.15) is 0 Å². The first-order valence-electron chi connectivity index (χ1n) is 6.64. The highest BCUT2D eigenvalue weighted by Gasteiger charge is 2.25. The predicted octanol–water partition coefficient (Wildman–Crippen LogP) is 2.77. The molecule has 2 heterocycles. The summed E-state index contributed by atoms with van der Waals surface area (Å²) in [5.74, 6) is -0.139. The number of fused-ring (bicyclic) bond motifs is 1. The van der Waals surface area contributed by atoms with Crippen molar-refractivity contribution in [2.45, 2.75) is 25.8 Å². The van der Waals surface area contributed by atoms with E-state index in [9.17, 15) is 4.79 Å². The zero-order valence-electron chi connectivity index (χ0n) is 10.9. The van der Waals surface area contributed by atoms with E-state index < -0.39 is 5.97 Å². The van der Waals surface area contributed by atoms with Crippen LogP contribution in [-0.2, 0) is 24.2 Å². The van der Waals surface area contributed by atoms with E-state index in [4.69, 9.17) is 16.7 Å². The van der Waals surface area contributed by atoms with Crippen LogP contribution in [0.4, 0.5) is 0 Å². The maximum atomic E-state index is 11.0. The SMILES string of the molecule is O=C(O)C1CCn2cc(Cc3ccc(Cl)cc3)nc2C1. The Balaban J connectivity index is 1.77. The molecule has 0 fully saturated rings. The number of hydrogen-bond acceptors (Lipinski definition) is 2. The van der Waals surface area contributed by atoms with Crippen molar-refractivity contribution in [1.29, 1.82) is 0 Å². The molecule has 1 aliphatic rings. The van der Waals surface area contributed by atoms with E-state index in [0.717, 1.165) is 35.1 Å².